The molecular formula is C20H28N2O4. The molecule has 0 saturated carbocycles. The number of rotatable bonds is 11. The topological polar surface area (TPSA) is 82.6 Å². The van der Waals surface area contributed by atoms with E-state index in [1.54, 1.807) is 0 Å². The summed E-state index contributed by atoms with van der Waals surface area (Å²) in [7, 11) is 0. The van der Waals surface area contributed by atoms with E-state index in [2.05, 4.69) is 23.7 Å². The lowest BCUT2D eigenvalue weighted by molar-refractivity contribution is -0.138. The number of benzene rings is 1. The van der Waals surface area contributed by atoms with Crippen molar-refractivity contribution in [2.24, 2.45) is 0 Å². The van der Waals surface area contributed by atoms with Crippen molar-refractivity contribution in [3.05, 3.63) is 30.0 Å². The summed E-state index contributed by atoms with van der Waals surface area (Å²) in [6.45, 7) is 7.28. The molecule has 6 heteroatoms. The summed E-state index contributed by atoms with van der Waals surface area (Å²) < 4.78 is 5.57. The fraction of sp³-hybridized carbons (Fsp3) is 0.500. The molecule has 0 aliphatic carbocycles. The summed E-state index contributed by atoms with van der Waals surface area (Å²) in [5.41, 5.74) is 2.09. The number of H-pyrrole nitrogens is 1. The van der Waals surface area contributed by atoms with Crippen molar-refractivity contribution in [2.45, 2.75) is 46.0 Å². The van der Waals surface area contributed by atoms with Gasteiger partial charge in [-0.15, -0.1) is 0 Å². The van der Waals surface area contributed by atoms with Crippen LogP contribution in [0.15, 0.2) is 24.4 Å². The number of hydrogen-bond donors (Lipinski definition) is 2. The van der Waals surface area contributed by atoms with Gasteiger partial charge in [-0.3, -0.25) is 9.59 Å². The van der Waals surface area contributed by atoms with Crippen molar-refractivity contribution in [2.75, 3.05) is 19.6 Å². The highest BCUT2D eigenvalue weighted by Crippen LogP contribution is 2.29. The van der Waals surface area contributed by atoms with Gasteiger partial charge in [0.05, 0.1) is 0 Å². The number of nitrogens with zero attached hydrogens (tertiary/aromatic N) is 1. The van der Waals surface area contributed by atoms with Gasteiger partial charge in [-0.25, -0.2) is 0 Å². The van der Waals surface area contributed by atoms with Crippen molar-refractivity contribution in [1.29, 1.82) is 0 Å². The number of unbranched alkanes of at least 4 members (excludes halogenated alkanes) is 1. The van der Waals surface area contributed by atoms with Gasteiger partial charge in [-0.2, -0.15) is 0 Å². The number of aliphatic carboxylic acids is 1. The van der Waals surface area contributed by atoms with Gasteiger partial charge in [0.2, 0.25) is 0 Å². The lowest BCUT2D eigenvalue weighted by atomic mass is 10.1. The largest absolute Gasteiger partial charge is 0.481 e. The number of carboxylic acids is 1. The van der Waals surface area contributed by atoms with E-state index in [0.29, 0.717) is 18.6 Å². The van der Waals surface area contributed by atoms with Gasteiger partial charge in [0.15, 0.2) is 0 Å². The molecule has 0 amide bonds. The Kier molecular flexibility index (Phi) is 7.66. The van der Waals surface area contributed by atoms with Crippen LogP contribution in [-0.4, -0.2) is 46.6 Å². The Labute approximate surface area is 154 Å². The van der Waals surface area contributed by atoms with E-state index in [1.165, 1.54) is 0 Å². The fourth-order valence-corrected chi connectivity index (χ4v) is 3.04. The molecule has 0 atom stereocenters. The highest BCUT2D eigenvalue weighted by molar-refractivity contribution is 5.91. The minimum absolute atomic E-state index is 0.0795. The van der Waals surface area contributed by atoms with Crippen molar-refractivity contribution >= 4 is 22.8 Å². The molecule has 26 heavy (non-hydrogen) atoms. The number of hydrogen-bond acceptors (Lipinski definition) is 4. The molecule has 1 aromatic carbocycles. The second-order valence-corrected chi connectivity index (χ2v) is 6.34. The van der Waals surface area contributed by atoms with E-state index >= 15 is 0 Å². The summed E-state index contributed by atoms with van der Waals surface area (Å²) in [6, 6.07) is 5.65. The summed E-state index contributed by atoms with van der Waals surface area (Å²) in [5, 5.41) is 9.60. The number of likely N-dealkylation sites (N-methyl/N-ethyl adjacent to an activating group) is 1. The fourth-order valence-electron chi connectivity index (χ4n) is 3.04. The maximum atomic E-state index is 12.1. The van der Waals surface area contributed by atoms with Crippen molar-refractivity contribution in [1.82, 2.24) is 9.88 Å². The quantitative estimate of drug-likeness (QED) is 0.363. The molecule has 0 unspecified atom stereocenters. The van der Waals surface area contributed by atoms with Crippen LogP contribution in [0, 0.1) is 0 Å². The average Bonchev–Trinajstić information content (AvgIpc) is 3.04. The lowest BCUT2D eigenvalue weighted by Gasteiger charge is -2.17. The maximum absolute atomic E-state index is 12.1. The summed E-state index contributed by atoms with van der Waals surface area (Å²) in [6.07, 6.45) is 4.17. The van der Waals surface area contributed by atoms with E-state index in [1.807, 2.05) is 24.4 Å². The minimum atomic E-state index is -0.840. The molecule has 142 valence electrons. The van der Waals surface area contributed by atoms with Crippen LogP contribution in [0.25, 0.3) is 10.9 Å². The zero-order valence-corrected chi connectivity index (χ0v) is 15.6. The van der Waals surface area contributed by atoms with Gasteiger partial charge in [0.25, 0.3) is 0 Å². The van der Waals surface area contributed by atoms with Crippen molar-refractivity contribution in [3.63, 3.8) is 0 Å². The smallest absolute Gasteiger partial charge is 0.311 e. The predicted octanol–water partition coefficient (Wildman–Crippen LogP) is 3.60. The van der Waals surface area contributed by atoms with Crippen LogP contribution in [0.1, 0.15) is 45.1 Å². The van der Waals surface area contributed by atoms with Crippen LogP contribution >= 0.6 is 0 Å². The zero-order chi connectivity index (χ0) is 18.9. The van der Waals surface area contributed by atoms with Gasteiger partial charge in [-0.1, -0.05) is 19.9 Å². The first-order valence-electron chi connectivity index (χ1n) is 9.29. The molecule has 2 rings (SSSR count). The number of fused-ring (bicyclic) bond motifs is 1. The van der Waals surface area contributed by atoms with Gasteiger partial charge >= 0.3 is 11.9 Å². The molecule has 1 aromatic heterocycles. The summed E-state index contributed by atoms with van der Waals surface area (Å²) >= 11 is 0. The predicted molar refractivity (Wildman–Crippen MR) is 102 cm³/mol. The molecule has 0 radical (unpaired) electrons. The van der Waals surface area contributed by atoms with Crippen molar-refractivity contribution < 1.29 is 19.4 Å². The average molecular weight is 360 g/mol. The first-order valence-corrected chi connectivity index (χ1v) is 9.29. The van der Waals surface area contributed by atoms with Gasteiger partial charge in [0.1, 0.15) is 5.75 Å². The van der Waals surface area contributed by atoms with Gasteiger partial charge in [0, 0.05) is 36.5 Å². The molecule has 0 fully saturated rings. The SMILES string of the molecule is CCN(CC)CCc1c[nH]c2cccc(OC(=O)CCCCC(=O)O)c12. The number of carboxylic acid groups (broad SMARTS) is 1. The molecule has 1 heterocycles. The number of aromatic amines is 1. The number of nitrogens with one attached hydrogen (secondary N) is 1. The number of carbonyl (C=O) groups is 2. The van der Waals surface area contributed by atoms with Crippen molar-refractivity contribution in [3.8, 4) is 5.75 Å². The Balaban J connectivity index is 2.03. The normalized spacial score (nSPS) is 11.2. The van der Waals surface area contributed by atoms with Gasteiger partial charge < -0.3 is 19.7 Å². The maximum Gasteiger partial charge on any atom is 0.311 e. The van der Waals surface area contributed by atoms with E-state index in [4.69, 9.17) is 9.84 Å². The third-order valence-electron chi connectivity index (χ3n) is 4.59. The first kappa shape index (κ1) is 20.0. The summed E-state index contributed by atoms with van der Waals surface area (Å²) in [5.74, 6) is -0.589. The minimum Gasteiger partial charge on any atom is -0.481 e. The highest BCUT2D eigenvalue weighted by atomic mass is 16.5. The van der Waals surface area contributed by atoms with Crippen LogP contribution in [-0.2, 0) is 16.0 Å². The molecular weight excluding hydrogens is 332 g/mol. The Hall–Kier alpha value is -2.34. The molecule has 6 nitrogen and oxygen atoms in total. The highest BCUT2D eigenvalue weighted by Gasteiger charge is 2.13. The Morgan fingerprint density at radius 1 is 1.15 bits per heavy atom. The second-order valence-electron chi connectivity index (χ2n) is 6.34. The van der Waals surface area contributed by atoms with Crippen LogP contribution in [0.4, 0.5) is 0 Å². The third kappa shape index (κ3) is 5.59. The second kappa shape index (κ2) is 9.97. The van der Waals surface area contributed by atoms with Crippen LogP contribution in [0.3, 0.4) is 0 Å². The summed E-state index contributed by atoms with van der Waals surface area (Å²) in [4.78, 5) is 28.2. The zero-order valence-electron chi connectivity index (χ0n) is 15.6. The molecule has 2 aromatic rings. The number of ether oxygens (including phenoxy) is 1. The Morgan fingerprint density at radius 2 is 1.88 bits per heavy atom. The number of aromatic nitrogens is 1. The Morgan fingerprint density at radius 3 is 2.58 bits per heavy atom. The number of esters is 1. The van der Waals surface area contributed by atoms with Crippen LogP contribution < -0.4 is 4.74 Å². The number of carbonyl (C=O) groups excluding carboxylic acids is 1. The molecule has 2 N–H and O–H groups in total. The Bertz CT molecular complexity index is 734. The van der Waals surface area contributed by atoms with Crippen LogP contribution in [0.2, 0.25) is 0 Å². The molecule has 0 spiro atoms. The van der Waals surface area contributed by atoms with E-state index < -0.39 is 5.97 Å². The van der Waals surface area contributed by atoms with E-state index in [9.17, 15) is 9.59 Å². The molecule has 0 aliphatic rings. The third-order valence-corrected chi connectivity index (χ3v) is 4.59. The first-order chi connectivity index (χ1) is 12.5. The molecule has 0 aliphatic heterocycles. The standard InChI is InChI=1S/C20H28N2O4/c1-3-22(4-2)13-12-15-14-21-16-8-7-9-17(20(15)16)26-19(25)11-6-5-10-18(23)24/h7-9,14,21H,3-6,10-13H2,1-2H3,(H,23,24). The van der Waals surface area contributed by atoms with Crippen LogP contribution in [0.5, 0.6) is 5.75 Å². The van der Waals surface area contributed by atoms with E-state index in [0.717, 1.165) is 42.5 Å². The molecule has 0 saturated heterocycles. The van der Waals surface area contributed by atoms with Gasteiger partial charge in [-0.05, 0) is 50.0 Å². The molecule has 0 bridgehead atoms. The monoisotopic (exact) mass is 360 g/mol. The van der Waals surface area contributed by atoms with E-state index in [-0.39, 0.29) is 18.8 Å². The lowest BCUT2D eigenvalue weighted by Crippen LogP contribution is -2.25.